The summed E-state index contributed by atoms with van der Waals surface area (Å²) < 4.78 is 40.5. The molecule has 0 aliphatic carbocycles. The van der Waals surface area contributed by atoms with Gasteiger partial charge in [0.25, 0.3) is 0 Å². The highest BCUT2D eigenvalue weighted by Gasteiger charge is 2.48. The molecule has 0 atom stereocenters. The Labute approximate surface area is 117 Å². The third-order valence-corrected chi connectivity index (χ3v) is 4.60. The molecule has 0 amide bonds. The molecule has 1 spiro atoms. The van der Waals surface area contributed by atoms with Crippen molar-refractivity contribution in [2.45, 2.75) is 11.1 Å². The Bertz CT molecular complexity index is 496. The van der Waals surface area contributed by atoms with Crippen LogP contribution in [-0.4, -0.2) is 35.5 Å². The van der Waals surface area contributed by atoms with Crippen LogP contribution in [0.5, 0.6) is 0 Å². The summed E-state index contributed by atoms with van der Waals surface area (Å²) in [5.41, 5.74) is -0.622. The maximum Gasteiger partial charge on any atom is 0.434 e. The average molecular weight is 310 g/mol. The lowest BCUT2D eigenvalue weighted by atomic mass is 9.76. The van der Waals surface area contributed by atoms with Crippen LogP contribution in [0.2, 0.25) is 5.15 Å². The standard InChI is InChI=1S/C11H11ClF3N3S/c12-8-2-1-7(9(17-8)11(13,14)15)19-18-5-10(6-18)3-16-4-10/h1-2,16H,3-6H2. The van der Waals surface area contributed by atoms with Gasteiger partial charge in [0.05, 0.1) is 4.90 Å². The summed E-state index contributed by atoms with van der Waals surface area (Å²) in [5.74, 6) is 0. The Kier molecular flexibility index (Phi) is 3.20. The van der Waals surface area contributed by atoms with Crippen LogP contribution in [0.15, 0.2) is 17.0 Å². The van der Waals surface area contributed by atoms with Crippen molar-refractivity contribution in [3.05, 3.63) is 23.0 Å². The number of pyridine rings is 1. The SMILES string of the molecule is FC(F)(F)c1nc(Cl)ccc1SN1CC2(CNC2)C1. The van der Waals surface area contributed by atoms with Gasteiger partial charge < -0.3 is 5.32 Å². The fourth-order valence-corrected chi connectivity index (χ4v) is 3.79. The van der Waals surface area contributed by atoms with E-state index in [1.165, 1.54) is 12.1 Å². The molecule has 2 saturated heterocycles. The van der Waals surface area contributed by atoms with Crippen molar-refractivity contribution < 1.29 is 13.2 Å². The van der Waals surface area contributed by atoms with Gasteiger partial charge in [-0.1, -0.05) is 11.6 Å². The average Bonchev–Trinajstić information content (AvgIpc) is 2.20. The van der Waals surface area contributed by atoms with E-state index in [2.05, 4.69) is 10.3 Å². The Hall–Kier alpha value is -0.500. The molecule has 19 heavy (non-hydrogen) atoms. The summed E-state index contributed by atoms with van der Waals surface area (Å²) in [5, 5.41) is 3.05. The molecule has 1 N–H and O–H groups in total. The Morgan fingerprint density at radius 3 is 2.53 bits per heavy atom. The molecule has 0 radical (unpaired) electrons. The van der Waals surface area contributed by atoms with Crippen molar-refractivity contribution in [3.8, 4) is 0 Å². The van der Waals surface area contributed by atoms with Crippen LogP contribution in [0.25, 0.3) is 0 Å². The molecular formula is C11H11ClF3N3S. The molecule has 3 heterocycles. The van der Waals surface area contributed by atoms with E-state index in [9.17, 15) is 13.2 Å². The summed E-state index contributed by atoms with van der Waals surface area (Å²) in [6.45, 7) is 3.53. The van der Waals surface area contributed by atoms with E-state index in [0.717, 1.165) is 38.1 Å². The molecular weight excluding hydrogens is 299 g/mol. The van der Waals surface area contributed by atoms with Gasteiger partial charge in [0, 0.05) is 31.6 Å². The summed E-state index contributed by atoms with van der Waals surface area (Å²) in [7, 11) is 0. The first-order valence-corrected chi connectivity index (χ1v) is 6.91. The summed E-state index contributed by atoms with van der Waals surface area (Å²) in [6, 6.07) is 2.77. The third kappa shape index (κ3) is 2.56. The Morgan fingerprint density at radius 2 is 2.00 bits per heavy atom. The van der Waals surface area contributed by atoms with Crippen molar-refractivity contribution in [2.24, 2.45) is 5.41 Å². The van der Waals surface area contributed by atoms with Gasteiger partial charge in [0.15, 0.2) is 5.69 Å². The molecule has 1 aromatic heterocycles. The Morgan fingerprint density at radius 1 is 1.32 bits per heavy atom. The number of nitrogens with one attached hydrogen (secondary N) is 1. The molecule has 104 valence electrons. The molecule has 8 heteroatoms. The number of alkyl halides is 3. The van der Waals surface area contributed by atoms with E-state index in [1.807, 2.05) is 4.31 Å². The van der Waals surface area contributed by atoms with E-state index in [-0.39, 0.29) is 15.5 Å². The molecule has 3 nitrogen and oxygen atoms in total. The lowest BCUT2D eigenvalue weighted by Crippen LogP contribution is -2.69. The summed E-state index contributed by atoms with van der Waals surface area (Å²) in [6.07, 6.45) is -4.48. The molecule has 0 bridgehead atoms. The highest BCUT2D eigenvalue weighted by atomic mass is 35.5. The van der Waals surface area contributed by atoms with Crippen LogP contribution < -0.4 is 5.32 Å². The fourth-order valence-electron chi connectivity index (χ4n) is 2.31. The fraction of sp³-hybridized carbons (Fsp3) is 0.545. The predicted molar refractivity (Wildman–Crippen MR) is 67.0 cm³/mol. The largest absolute Gasteiger partial charge is 0.434 e. The van der Waals surface area contributed by atoms with Gasteiger partial charge >= 0.3 is 6.18 Å². The van der Waals surface area contributed by atoms with Crippen molar-refractivity contribution in [3.63, 3.8) is 0 Å². The van der Waals surface area contributed by atoms with Gasteiger partial charge in [-0.2, -0.15) is 13.2 Å². The second-order valence-electron chi connectivity index (χ2n) is 4.97. The zero-order valence-corrected chi connectivity index (χ0v) is 11.4. The number of hydrogen-bond donors (Lipinski definition) is 1. The zero-order chi connectivity index (χ0) is 13.7. The van der Waals surface area contributed by atoms with Crippen LogP contribution in [-0.2, 0) is 6.18 Å². The molecule has 2 fully saturated rings. The molecule has 3 rings (SSSR count). The van der Waals surface area contributed by atoms with Crippen LogP contribution in [0.1, 0.15) is 5.69 Å². The van der Waals surface area contributed by atoms with E-state index < -0.39 is 11.9 Å². The second kappa shape index (κ2) is 4.51. The number of halogens is 4. The first-order chi connectivity index (χ1) is 8.88. The molecule has 1 aromatic rings. The molecule has 2 aliphatic heterocycles. The maximum atomic E-state index is 12.9. The van der Waals surface area contributed by atoms with Gasteiger partial charge in [-0.05, 0) is 24.1 Å². The minimum Gasteiger partial charge on any atom is -0.315 e. The maximum absolute atomic E-state index is 12.9. The van der Waals surface area contributed by atoms with Gasteiger partial charge in [-0.15, -0.1) is 0 Å². The lowest BCUT2D eigenvalue weighted by Gasteiger charge is -2.55. The lowest BCUT2D eigenvalue weighted by molar-refractivity contribution is -0.143. The van der Waals surface area contributed by atoms with Gasteiger partial charge in [-0.3, -0.25) is 0 Å². The second-order valence-corrected chi connectivity index (χ2v) is 6.50. The quantitative estimate of drug-likeness (QED) is 0.671. The molecule has 0 saturated carbocycles. The van der Waals surface area contributed by atoms with Crippen molar-refractivity contribution in [2.75, 3.05) is 26.2 Å². The van der Waals surface area contributed by atoms with Crippen molar-refractivity contribution in [1.29, 1.82) is 0 Å². The van der Waals surface area contributed by atoms with Crippen molar-refractivity contribution in [1.82, 2.24) is 14.6 Å². The highest BCUT2D eigenvalue weighted by Crippen LogP contribution is 2.43. The van der Waals surface area contributed by atoms with E-state index in [1.54, 1.807) is 0 Å². The molecule has 2 aliphatic rings. The zero-order valence-electron chi connectivity index (χ0n) is 9.80. The topological polar surface area (TPSA) is 28.2 Å². The molecule has 0 aromatic carbocycles. The smallest absolute Gasteiger partial charge is 0.315 e. The predicted octanol–water partition coefficient (Wildman–Crippen LogP) is 2.67. The van der Waals surface area contributed by atoms with Crippen LogP contribution in [0.3, 0.4) is 0 Å². The monoisotopic (exact) mass is 309 g/mol. The van der Waals surface area contributed by atoms with E-state index in [4.69, 9.17) is 11.6 Å². The van der Waals surface area contributed by atoms with Crippen LogP contribution in [0, 0.1) is 5.41 Å². The first kappa shape index (κ1) is 13.5. The van der Waals surface area contributed by atoms with E-state index in [0.29, 0.717) is 0 Å². The number of aromatic nitrogens is 1. The summed E-state index contributed by atoms with van der Waals surface area (Å²) in [4.78, 5) is 3.52. The van der Waals surface area contributed by atoms with Gasteiger partial charge in [-0.25, -0.2) is 9.29 Å². The van der Waals surface area contributed by atoms with E-state index >= 15 is 0 Å². The van der Waals surface area contributed by atoms with Gasteiger partial charge in [0.1, 0.15) is 5.15 Å². The highest BCUT2D eigenvalue weighted by molar-refractivity contribution is 7.97. The van der Waals surface area contributed by atoms with Gasteiger partial charge in [0.2, 0.25) is 0 Å². The normalized spacial score (nSPS) is 22.1. The van der Waals surface area contributed by atoms with Crippen molar-refractivity contribution >= 4 is 23.5 Å². The number of nitrogens with zero attached hydrogens (tertiary/aromatic N) is 2. The number of rotatable bonds is 2. The summed E-state index contributed by atoms with van der Waals surface area (Å²) >= 11 is 6.65. The first-order valence-electron chi connectivity index (χ1n) is 5.75. The third-order valence-electron chi connectivity index (χ3n) is 3.34. The minimum absolute atomic E-state index is 0.110. The minimum atomic E-state index is -4.48. The Balaban J connectivity index is 1.74. The van der Waals surface area contributed by atoms with Crippen LogP contribution >= 0.6 is 23.5 Å². The van der Waals surface area contributed by atoms with Crippen LogP contribution in [0.4, 0.5) is 13.2 Å². The molecule has 0 unspecified atom stereocenters. The number of hydrogen-bond acceptors (Lipinski definition) is 4.